The van der Waals surface area contributed by atoms with Crippen molar-refractivity contribution < 1.29 is 14.6 Å². The third-order valence-electron chi connectivity index (χ3n) is 5.52. The lowest BCUT2D eigenvalue weighted by Gasteiger charge is -2.30. The molecule has 0 unspecified atom stereocenters. The molecular formula is C15H22O3. The normalized spacial score (nSPS) is 51.6. The minimum atomic E-state index is -0.603. The number of carbonyl (C=O) groups is 1. The number of carbonyl (C=O) groups excluding carboxylic acids is 1. The summed E-state index contributed by atoms with van der Waals surface area (Å²) in [7, 11) is 0. The molecule has 1 N–H and O–H groups in total. The molecule has 0 aromatic carbocycles. The van der Waals surface area contributed by atoms with Crippen LogP contribution in [-0.4, -0.2) is 22.8 Å². The van der Waals surface area contributed by atoms with Gasteiger partial charge in [-0.1, -0.05) is 19.1 Å². The van der Waals surface area contributed by atoms with Gasteiger partial charge in [-0.25, -0.2) is 0 Å². The highest BCUT2D eigenvalue weighted by atomic mass is 16.6. The topological polar surface area (TPSA) is 46.5 Å². The van der Waals surface area contributed by atoms with Gasteiger partial charge in [-0.15, -0.1) is 0 Å². The van der Waals surface area contributed by atoms with Gasteiger partial charge in [0.05, 0.1) is 11.5 Å². The van der Waals surface area contributed by atoms with Crippen molar-refractivity contribution in [3.05, 3.63) is 12.2 Å². The maximum atomic E-state index is 11.7. The van der Waals surface area contributed by atoms with Crippen LogP contribution in [0.1, 0.15) is 39.5 Å². The summed E-state index contributed by atoms with van der Waals surface area (Å²) in [5.41, 5.74) is 0.570. The molecule has 0 spiro atoms. The van der Waals surface area contributed by atoms with Crippen molar-refractivity contribution >= 4 is 5.97 Å². The quantitative estimate of drug-likeness (QED) is 0.530. The summed E-state index contributed by atoms with van der Waals surface area (Å²) in [6.45, 7) is 8.09. The lowest BCUT2D eigenvalue weighted by atomic mass is 9.77. The third-order valence-corrected chi connectivity index (χ3v) is 5.52. The molecule has 0 aromatic heterocycles. The lowest BCUT2D eigenvalue weighted by Crippen LogP contribution is -2.34. The van der Waals surface area contributed by atoms with E-state index in [1.807, 2.05) is 13.8 Å². The molecule has 1 aliphatic heterocycles. The molecular weight excluding hydrogens is 228 g/mol. The number of hydrogen-bond acceptors (Lipinski definition) is 3. The summed E-state index contributed by atoms with van der Waals surface area (Å²) in [4.78, 5) is 11.7. The zero-order valence-corrected chi connectivity index (χ0v) is 11.2. The van der Waals surface area contributed by atoms with E-state index in [1.54, 1.807) is 0 Å². The number of esters is 1. The molecule has 3 aliphatic rings. The summed E-state index contributed by atoms with van der Waals surface area (Å²) < 4.78 is 5.48. The Hall–Kier alpha value is -0.830. The SMILES string of the molecule is C=C1C[C@H]2OC(=O)[C@H](C)[C@H]2C[C@@H]2[C@H]1CC[C@@]2(C)O. The Kier molecular flexibility index (Phi) is 2.60. The molecule has 100 valence electrons. The molecule has 3 fully saturated rings. The fourth-order valence-electron chi connectivity index (χ4n) is 4.27. The van der Waals surface area contributed by atoms with Crippen LogP contribution in [0.2, 0.25) is 0 Å². The Labute approximate surface area is 108 Å². The van der Waals surface area contributed by atoms with Crippen LogP contribution < -0.4 is 0 Å². The zero-order valence-electron chi connectivity index (χ0n) is 11.2. The third kappa shape index (κ3) is 1.63. The highest BCUT2D eigenvalue weighted by Crippen LogP contribution is 2.53. The zero-order chi connectivity index (χ0) is 13.1. The van der Waals surface area contributed by atoms with Gasteiger partial charge in [-0.2, -0.15) is 0 Å². The van der Waals surface area contributed by atoms with E-state index in [-0.39, 0.29) is 29.8 Å². The average Bonchev–Trinajstić information content (AvgIpc) is 2.65. The van der Waals surface area contributed by atoms with Crippen molar-refractivity contribution in [2.45, 2.75) is 51.2 Å². The molecule has 1 saturated heterocycles. The first kappa shape index (κ1) is 12.2. The van der Waals surface area contributed by atoms with Gasteiger partial charge in [0.2, 0.25) is 0 Å². The van der Waals surface area contributed by atoms with Crippen LogP contribution in [-0.2, 0) is 9.53 Å². The van der Waals surface area contributed by atoms with Crippen molar-refractivity contribution in [2.75, 3.05) is 0 Å². The standard InChI is InChI=1S/C15H22O3/c1-8-6-13-11(9(2)14(16)18-13)7-12-10(8)4-5-15(12,3)17/h9-13,17H,1,4-7H2,2-3H3/t9-,10+,11-,12-,13-,15-/m1/s1. The minimum Gasteiger partial charge on any atom is -0.461 e. The smallest absolute Gasteiger partial charge is 0.309 e. The average molecular weight is 250 g/mol. The second-order valence-corrected chi connectivity index (χ2v) is 6.63. The first-order valence-corrected chi connectivity index (χ1v) is 7.00. The van der Waals surface area contributed by atoms with E-state index in [2.05, 4.69) is 6.58 Å². The second-order valence-electron chi connectivity index (χ2n) is 6.63. The summed E-state index contributed by atoms with van der Waals surface area (Å²) in [5, 5.41) is 10.5. The minimum absolute atomic E-state index is 0.00130. The predicted octanol–water partition coefficient (Wildman–Crippen LogP) is 2.29. The van der Waals surface area contributed by atoms with Crippen LogP contribution >= 0.6 is 0 Å². The van der Waals surface area contributed by atoms with Crippen molar-refractivity contribution in [2.24, 2.45) is 23.7 Å². The van der Waals surface area contributed by atoms with E-state index in [1.165, 1.54) is 5.57 Å². The molecule has 2 saturated carbocycles. The maximum Gasteiger partial charge on any atom is 0.309 e. The Morgan fingerprint density at radius 2 is 2.22 bits per heavy atom. The molecule has 3 heteroatoms. The van der Waals surface area contributed by atoms with Gasteiger partial charge in [-0.3, -0.25) is 4.79 Å². The van der Waals surface area contributed by atoms with Crippen LogP contribution in [0.15, 0.2) is 12.2 Å². The summed E-state index contributed by atoms with van der Waals surface area (Å²) in [5.74, 6) is 0.814. The summed E-state index contributed by atoms with van der Waals surface area (Å²) in [6.07, 6.45) is 3.56. The van der Waals surface area contributed by atoms with E-state index >= 15 is 0 Å². The van der Waals surface area contributed by atoms with Crippen molar-refractivity contribution in [3.8, 4) is 0 Å². The number of ether oxygens (including phenoxy) is 1. The van der Waals surface area contributed by atoms with Gasteiger partial charge in [-0.05, 0) is 38.0 Å². The highest BCUT2D eigenvalue weighted by molar-refractivity contribution is 5.75. The van der Waals surface area contributed by atoms with E-state index in [4.69, 9.17) is 4.74 Å². The van der Waals surface area contributed by atoms with Gasteiger partial charge in [0.1, 0.15) is 6.10 Å². The first-order chi connectivity index (χ1) is 8.40. The Morgan fingerprint density at radius 3 is 2.94 bits per heavy atom. The molecule has 3 nitrogen and oxygen atoms in total. The van der Waals surface area contributed by atoms with Gasteiger partial charge in [0.25, 0.3) is 0 Å². The number of rotatable bonds is 0. The fraction of sp³-hybridized carbons (Fsp3) is 0.800. The monoisotopic (exact) mass is 250 g/mol. The van der Waals surface area contributed by atoms with Crippen LogP contribution in [0.4, 0.5) is 0 Å². The molecule has 3 rings (SSSR count). The van der Waals surface area contributed by atoms with Gasteiger partial charge in [0, 0.05) is 12.3 Å². The van der Waals surface area contributed by atoms with Gasteiger partial charge >= 0.3 is 5.97 Å². The maximum absolute atomic E-state index is 11.7. The van der Waals surface area contributed by atoms with Gasteiger partial charge in [0.15, 0.2) is 0 Å². The molecule has 1 heterocycles. The van der Waals surface area contributed by atoms with Crippen LogP contribution in [0, 0.1) is 23.7 Å². The molecule has 0 bridgehead atoms. The van der Waals surface area contributed by atoms with Crippen molar-refractivity contribution in [1.29, 1.82) is 0 Å². The number of hydrogen-bond donors (Lipinski definition) is 1. The molecule has 0 radical (unpaired) electrons. The Balaban J connectivity index is 1.92. The summed E-state index contributed by atoms with van der Waals surface area (Å²) in [6, 6.07) is 0. The van der Waals surface area contributed by atoms with E-state index < -0.39 is 5.60 Å². The largest absolute Gasteiger partial charge is 0.461 e. The van der Waals surface area contributed by atoms with E-state index in [0.717, 1.165) is 25.7 Å². The van der Waals surface area contributed by atoms with Crippen LogP contribution in [0.3, 0.4) is 0 Å². The lowest BCUT2D eigenvalue weighted by molar-refractivity contribution is -0.143. The van der Waals surface area contributed by atoms with E-state index in [9.17, 15) is 9.90 Å². The Bertz CT molecular complexity index is 399. The molecule has 0 aromatic rings. The Morgan fingerprint density at radius 1 is 1.50 bits per heavy atom. The number of fused-ring (bicyclic) bond motifs is 2. The van der Waals surface area contributed by atoms with Crippen LogP contribution in [0.5, 0.6) is 0 Å². The second kappa shape index (κ2) is 3.83. The number of aliphatic hydroxyl groups is 1. The van der Waals surface area contributed by atoms with Crippen molar-refractivity contribution in [1.82, 2.24) is 0 Å². The predicted molar refractivity (Wildman–Crippen MR) is 67.7 cm³/mol. The van der Waals surface area contributed by atoms with Crippen LogP contribution in [0.25, 0.3) is 0 Å². The highest BCUT2D eigenvalue weighted by Gasteiger charge is 2.53. The fourth-order valence-corrected chi connectivity index (χ4v) is 4.27. The molecule has 0 amide bonds. The first-order valence-electron chi connectivity index (χ1n) is 7.00. The van der Waals surface area contributed by atoms with Gasteiger partial charge < -0.3 is 9.84 Å². The van der Waals surface area contributed by atoms with Crippen molar-refractivity contribution in [3.63, 3.8) is 0 Å². The summed E-state index contributed by atoms with van der Waals surface area (Å²) >= 11 is 0. The van der Waals surface area contributed by atoms with E-state index in [0.29, 0.717) is 5.92 Å². The molecule has 6 atom stereocenters. The molecule has 18 heavy (non-hydrogen) atoms. The molecule has 2 aliphatic carbocycles.